The van der Waals surface area contributed by atoms with Gasteiger partial charge in [-0.1, -0.05) is 11.3 Å². The Morgan fingerprint density at radius 3 is 2.23 bits per heavy atom. The molecule has 0 saturated heterocycles. The SMILES string of the molecule is O=C(Nc1ccc(OC(F)(F)F)cc1)c1ccc(Oc2nccs2)cc1. The Morgan fingerprint density at radius 1 is 1.00 bits per heavy atom. The van der Waals surface area contributed by atoms with Gasteiger partial charge in [0.2, 0.25) is 0 Å². The molecule has 0 radical (unpaired) electrons. The van der Waals surface area contributed by atoms with Gasteiger partial charge in [0.25, 0.3) is 11.1 Å². The van der Waals surface area contributed by atoms with Crippen LogP contribution in [0.2, 0.25) is 0 Å². The van der Waals surface area contributed by atoms with E-state index in [0.29, 0.717) is 22.2 Å². The Kier molecular flexibility index (Phi) is 5.08. The van der Waals surface area contributed by atoms with Crippen molar-refractivity contribution in [1.82, 2.24) is 4.98 Å². The van der Waals surface area contributed by atoms with E-state index in [9.17, 15) is 18.0 Å². The van der Waals surface area contributed by atoms with Crippen molar-refractivity contribution in [3.63, 3.8) is 0 Å². The highest BCUT2D eigenvalue weighted by Gasteiger charge is 2.30. The third-order valence-corrected chi connectivity index (χ3v) is 3.73. The molecule has 3 rings (SSSR count). The normalized spacial score (nSPS) is 11.0. The lowest BCUT2D eigenvalue weighted by molar-refractivity contribution is -0.274. The zero-order valence-electron chi connectivity index (χ0n) is 13.0. The molecule has 2 aromatic carbocycles. The lowest BCUT2D eigenvalue weighted by Crippen LogP contribution is -2.17. The molecule has 0 fully saturated rings. The predicted octanol–water partition coefficient (Wildman–Crippen LogP) is 5.09. The number of benzene rings is 2. The molecule has 1 heterocycles. The van der Waals surface area contributed by atoms with Crippen molar-refractivity contribution >= 4 is 22.9 Å². The van der Waals surface area contributed by atoms with E-state index >= 15 is 0 Å². The number of rotatable bonds is 5. The maximum atomic E-state index is 12.2. The molecule has 0 spiro atoms. The van der Waals surface area contributed by atoms with Gasteiger partial charge in [-0.15, -0.1) is 13.2 Å². The van der Waals surface area contributed by atoms with Crippen molar-refractivity contribution < 1.29 is 27.4 Å². The fraction of sp³-hybridized carbons (Fsp3) is 0.0588. The molecule has 0 aliphatic heterocycles. The summed E-state index contributed by atoms with van der Waals surface area (Å²) in [6.45, 7) is 0. The molecule has 134 valence electrons. The van der Waals surface area contributed by atoms with Gasteiger partial charge in [0, 0.05) is 22.8 Å². The lowest BCUT2D eigenvalue weighted by Gasteiger charge is -2.10. The van der Waals surface area contributed by atoms with Gasteiger partial charge in [-0.3, -0.25) is 4.79 Å². The fourth-order valence-electron chi connectivity index (χ4n) is 1.98. The van der Waals surface area contributed by atoms with Crippen LogP contribution in [0.3, 0.4) is 0 Å². The van der Waals surface area contributed by atoms with Crippen molar-refractivity contribution in [2.75, 3.05) is 5.32 Å². The monoisotopic (exact) mass is 380 g/mol. The molecule has 0 aliphatic carbocycles. The number of nitrogens with zero attached hydrogens (tertiary/aromatic N) is 1. The quantitative estimate of drug-likeness (QED) is 0.670. The number of amides is 1. The summed E-state index contributed by atoms with van der Waals surface area (Å²) in [5.74, 6) is -0.236. The number of carbonyl (C=O) groups is 1. The molecule has 1 amide bonds. The van der Waals surface area contributed by atoms with Crippen LogP contribution in [0.5, 0.6) is 16.7 Å². The minimum Gasteiger partial charge on any atom is -0.431 e. The molecule has 0 aliphatic rings. The number of aromatic nitrogens is 1. The molecule has 26 heavy (non-hydrogen) atoms. The highest BCUT2D eigenvalue weighted by atomic mass is 32.1. The van der Waals surface area contributed by atoms with E-state index in [-0.39, 0.29) is 5.75 Å². The van der Waals surface area contributed by atoms with Gasteiger partial charge < -0.3 is 14.8 Å². The van der Waals surface area contributed by atoms with Crippen molar-refractivity contribution in [3.05, 3.63) is 65.7 Å². The number of alkyl halides is 3. The van der Waals surface area contributed by atoms with Gasteiger partial charge >= 0.3 is 6.36 Å². The Hall–Kier alpha value is -3.07. The molecule has 3 aromatic rings. The van der Waals surface area contributed by atoms with E-state index in [1.54, 1.807) is 35.8 Å². The second-order valence-corrected chi connectivity index (χ2v) is 5.81. The second kappa shape index (κ2) is 7.44. The number of hydrogen-bond donors (Lipinski definition) is 1. The average Bonchev–Trinajstić information content (AvgIpc) is 3.09. The molecule has 9 heteroatoms. The summed E-state index contributed by atoms with van der Waals surface area (Å²) in [6, 6.07) is 11.3. The number of nitrogens with one attached hydrogen (secondary N) is 1. The third kappa shape index (κ3) is 4.96. The van der Waals surface area contributed by atoms with Crippen molar-refractivity contribution in [1.29, 1.82) is 0 Å². The Morgan fingerprint density at radius 2 is 1.65 bits per heavy atom. The van der Waals surface area contributed by atoms with Gasteiger partial charge in [-0.05, 0) is 48.5 Å². The van der Waals surface area contributed by atoms with Crippen LogP contribution in [0, 0.1) is 0 Å². The van der Waals surface area contributed by atoms with Crippen LogP contribution >= 0.6 is 11.3 Å². The summed E-state index contributed by atoms with van der Waals surface area (Å²) in [5, 5.41) is 4.86. The average molecular weight is 380 g/mol. The van der Waals surface area contributed by atoms with Gasteiger partial charge in [0.15, 0.2) is 0 Å². The number of hydrogen-bond acceptors (Lipinski definition) is 5. The molecule has 0 atom stereocenters. The van der Waals surface area contributed by atoms with Crippen LogP contribution in [0.15, 0.2) is 60.1 Å². The van der Waals surface area contributed by atoms with Crippen molar-refractivity contribution in [2.45, 2.75) is 6.36 Å². The first-order chi connectivity index (χ1) is 12.4. The first-order valence-electron chi connectivity index (χ1n) is 7.24. The minimum absolute atomic E-state index is 0.340. The summed E-state index contributed by atoms with van der Waals surface area (Å²) in [4.78, 5) is 16.2. The summed E-state index contributed by atoms with van der Waals surface area (Å²) >= 11 is 1.34. The van der Waals surface area contributed by atoms with Gasteiger partial charge in [0.05, 0.1) is 0 Å². The van der Waals surface area contributed by atoms with E-state index in [2.05, 4.69) is 15.0 Å². The van der Waals surface area contributed by atoms with Crippen LogP contribution < -0.4 is 14.8 Å². The molecule has 0 unspecified atom stereocenters. The standard InChI is InChI=1S/C17H11F3N2O3S/c18-17(19,20)25-14-7-3-12(4-8-14)22-15(23)11-1-5-13(6-2-11)24-16-21-9-10-26-16/h1-10H,(H,22,23). The number of halogens is 3. The van der Waals surface area contributed by atoms with Crippen LogP contribution in [0.25, 0.3) is 0 Å². The Balaban J connectivity index is 1.60. The molecule has 1 aromatic heterocycles. The van der Waals surface area contributed by atoms with Crippen molar-refractivity contribution in [3.8, 4) is 16.7 Å². The summed E-state index contributed by atoms with van der Waals surface area (Å²) in [5.41, 5.74) is 0.708. The molecular formula is C17H11F3N2O3S. The van der Waals surface area contributed by atoms with E-state index in [0.717, 1.165) is 12.1 Å². The Labute approximate surface area is 150 Å². The summed E-state index contributed by atoms with van der Waals surface area (Å²) in [7, 11) is 0. The first kappa shape index (κ1) is 17.7. The maximum Gasteiger partial charge on any atom is 0.573 e. The molecular weight excluding hydrogens is 369 g/mol. The smallest absolute Gasteiger partial charge is 0.431 e. The van der Waals surface area contributed by atoms with E-state index in [4.69, 9.17) is 4.74 Å². The molecule has 0 bridgehead atoms. The summed E-state index contributed by atoms with van der Waals surface area (Å²) in [6.07, 6.45) is -3.14. The highest BCUT2D eigenvalue weighted by molar-refractivity contribution is 7.11. The van der Waals surface area contributed by atoms with Crippen LogP contribution in [-0.4, -0.2) is 17.3 Å². The number of ether oxygens (including phenoxy) is 2. The van der Waals surface area contributed by atoms with Crippen LogP contribution in [0.4, 0.5) is 18.9 Å². The number of carbonyl (C=O) groups excluding carboxylic acids is 1. The zero-order valence-corrected chi connectivity index (χ0v) is 13.8. The van der Waals surface area contributed by atoms with E-state index in [1.165, 1.54) is 23.5 Å². The predicted molar refractivity (Wildman–Crippen MR) is 89.7 cm³/mol. The van der Waals surface area contributed by atoms with Gasteiger partial charge in [0.1, 0.15) is 11.5 Å². The molecule has 0 saturated carbocycles. The Bertz CT molecular complexity index is 864. The minimum atomic E-state index is -4.76. The third-order valence-electron chi connectivity index (χ3n) is 3.08. The highest BCUT2D eigenvalue weighted by Crippen LogP contribution is 2.25. The zero-order chi connectivity index (χ0) is 18.6. The topological polar surface area (TPSA) is 60.5 Å². The fourth-order valence-corrected chi connectivity index (χ4v) is 2.48. The first-order valence-corrected chi connectivity index (χ1v) is 8.11. The number of thiazole rings is 1. The molecule has 1 N–H and O–H groups in total. The van der Waals surface area contributed by atoms with Crippen molar-refractivity contribution in [2.24, 2.45) is 0 Å². The largest absolute Gasteiger partial charge is 0.573 e. The van der Waals surface area contributed by atoms with Gasteiger partial charge in [-0.25, -0.2) is 4.98 Å². The van der Waals surface area contributed by atoms with E-state index in [1.807, 2.05) is 0 Å². The lowest BCUT2D eigenvalue weighted by atomic mass is 10.2. The van der Waals surface area contributed by atoms with Crippen LogP contribution in [0.1, 0.15) is 10.4 Å². The maximum absolute atomic E-state index is 12.2. The van der Waals surface area contributed by atoms with E-state index < -0.39 is 12.3 Å². The molecule has 5 nitrogen and oxygen atoms in total. The summed E-state index contributed by atoms with van der Waals surface area (Å²) < 4.78 is 45.6. The van der Waals surface area contributed by atoms with Gasteiger partial charge in [-0.2, -0.15) is 0 Å². The second-order valence-electron chi connectivity index (χ2n) is 4.95. The van der Waals surface area contributed by atoms with Crippen LogP contribution in [-0.2, 0) is 0 Å². The number of anilines is 1.